The minimum absolute atomic E-state index is 0.461. The molecule has 10 rings (SSSR count). The van der Waals surface area contributed by atoms with Gasteiger partial charge in [-0.2, -0.15) is 0 Å². The monoisotopic (exact) mass is 354 g/mol. The first-order chi connectivity index (χ1) is 9.98. The molecular weight excluding hydrogens is 326 g/mol. The van der Waals surface area contributed by atoms with E-state index in [9.17, 15) is 0 Å². The number of rotatable bonds is 6. The maximum absolute atomic E-state index is 3.40. The minimum atomic E-state index is -3.40. The van der Waals surface area contributed by atoms with Crippen molar-refractivity contribution in [3.8, 4) is 0 Å². The molecule has 10 saturated heterocycles. The zero-order valence-electron chi connectivity index (χ0n) is 13.8. The standard InChI is InChI=1S/C13H23P2.C5H5.Ti/c1-5-14(6-2)12-10-9-11-13(12)15(7-3)8-4;1-2-4-5-3-1;/h9-11H,5-8H2,1-4H3;1-5H;. The van der Waals surface area contributed by atoms with Crippen LogP contribution in [0.3, 0.4) is 0 Å². The van der Waals surface area contributed by atoms with Gasteiger partial charge in [-0.1, -0.05) is 0 Å². The molecule has 0 aliphatic carbocycles. The van der Waals surface area contributed by atoms with Crippen LogP contribution in [0.4, 0.5) is 0 Å². The second-order valence-corrected chi connectivity index (χ2v) is 55.3. The van der Waals surface area contributed by atoms with Crippen LogP contribution in [-0.4, -0.2) is 31.6 Å². The molecule has 0 amide bonds. The van der Waals surface area contributed by atoms with Gasteiger partial charge in [-0.25, -0.2) is 0 Å². The van der Waals surface area contributed by atoms with E-state index in [1.54, 1.807) is 58.4 Å². The third kappa shape index (κ3) is 0.134. The Morgan fingerprint density at radius 2 is 0.952 bits per heavy atom. The molecule has 10 aliphatic heterocycles. The molecule has 0 saturated carbocycles. The molecule has 0 N–H and O–H groups in total. The molecule has 1 spiro atoms. The second kappa shape index (κ2) is 1.07. The van der Waals surface area contributed by atoms with E-state index in [0.29, 0.717) is 15.8 Å². The molecular formula is C18H28P2Ti. The molecule has 4 unspecified atom stereocenters. The Labute approximate surface area is 117 Å². The average Bonchev–Trinajstić information content (AvgIpc) is 3.44. The third-order valence-electron chi connectivity index (χ3n) is 22.8. The van der Waals surface area contributed by atoms with E-state index in [4.69, 9.17) is 0 Å². The summed E-state index contributed by atoms with van der Waals surface area (Å²) in [6.07, 6.45) is 6.51. The predicted octanol–water partition coefficient (Wildman–Crippen LogP) is 6.23. The van der Waals surface area contributed by atoms with Gasteiger partial charge >= 0.3 is 118 Å². The van der Waals surface area contributed by atoms with Crippen LogP contribution in [0.5, 0.6) is 0 Å². The van der Waals surface area contributed by atoms with Crippen LogP contribution >= 0.6 is 15.8 Å². The molecule has 0 aromatic carbocycles. The maximum atomic E-state index is 2.61. The van der Waals surface area contributed by atoms with Crippen LogP contribution in [0.25, 0.3) is 0 Å². The molecule has 10 heterocycles. The van der Waals surface area contributed by atoms with E-state index in [1.807, 2.05) is 0 Å². The summed E-state index contributed by atoms with van der Waals surface area (Å²) in [6.45, 7) is 10.4. The first-order valence-corrected chi connectivity index (χ1v) is 22.7. The van der Waals surface area contributed by atoms with Crippen molar-refractivity contribution in [1.82, 2.24) is 0 Å². The van der Waals surface area contributed by atoms with Crippen LogP contribution in [0, 0.1) is 0 Å². The van der Waals surface area contributed by atoms with Gasteiger partial charge < -0.3 is 0 Å². The Balaban J connectivity index is 1.49. The Hall–Kier alpha value is 1.57. The fourth-order valence-electron chi connectivity index (χ4n) is 27.6. The summed E-state index contributed by atoms with van der Waals surface area (Å²) in [5.41, 5.74) is 0. The molecule has 0 nitrogen and oxygen atoms in total. The van der Waals surface area contributed by atoms with Gasteiger partial charge in [0.1, 0.15) is 0 Å². The Kier molecular flexibility index (Phi) is 0.535. The van der Waals surface area contributed by atoms with Gasteiger partial charge in [0.25, 0.3) is 0 Å². The molecule has 114 valence electrons. The van der Waals surface area contributed by atoms with Gasteiger partial charge in [0, 0.05) is 0 Å². The Morgan fingerprint density at radius 3 is 1.14 bits per heavy atom. The summed E-state index contributed by atoms with van der Waals surface area (Å²) in [6, 6.07) is 0. The van der Waals surface area contributed by atoms with E-state index >= 15 is 0 Å². The summed E-state index contributed by atoms with van der Waals surface area (Å²) in [5.74, 6) is 0. The molecule has 0 bridgehead atoms. The van der Waals surface area contributed by atoms with Crippen molar-refractivity contribution >= 4 is 15.8 Å². The Morgan fingerprint density at radius 1 is 0.619 bits per heavy atom. The van der Waals surface area contributed by atoms with Crippen LogP contribution in [0.2, 0.25) is 33.8 Å². The zero-order chi connectivity index (χ0) is 13.9. The van der Waals surface area contributed by atoms with Crippen molar-refractivity contribution in [1.29, 1.82) is 0 Å². The van der Waals surface area contributed by atoms with E-state index in [0.717, 1.165) is 0 Å². The van der Waals surface area contributed by atoms with Crippen molar-refractivity contribution in [2.24, 2.45) is 0 Å². The average molecular weight is 354 g/mol. The van der Waals surface area contributed by atoms with Crippen molar-refractivity contribution in [2.45, 2.75) is 68.4 Å². The fourth-order valence-corrected chi connectivity index (χ4v) is 197. The van der Waals surface area contributed by atoms with Crippen molar-refractivity contribution in [2.75, 3.05) is 24.6 Å². The summed E-state index contributed by atoms with van der Waals surface area (Å²) in [4.78, 5) is 0. The summed E-state index contributed by atoms with van der Waals surface area (Å²) in [5, 5.41) is 0. The zero-order valence-corrected chi connectivity index (χ0v) is 17.2. The summed E-state index contributed by atoms with van der Waals surface area (Å²) in [7, 11) is -2.48. The van der Waals surface area contributed by atoms with E-state index in [2.05, 4.69) is 27.7 Å². The fraction of sp³-hybridized carbons (Fsp3) is 1.00. The first kappa shape index (κ1) is 10.5. The third-order valence-corrected chi connectivity index (χ3v) is 102. The number of hydrogen-bond acceptors (Lipinski definition) is 0. The normalized spacial score (nSPS) is 103. The topological polar surface area (TPSA) is 0 Å². The summed E-state index contributed by atoms with van der Waals surface area (Å²) >= 11 is 0. The molecule has 0 aromatic heterocycles. The first-order valence-electron chi connectivity index (χ1n) is 10.5. The quantitative estimate of drug-likeness (QED) is 0.392. The molecule has 21 heavy (non-hydrogen) atoms. The number of hydrogen-bond donors (Lipinski definition) is 0. The Bertz CT molecular complexity index is 964. The molecule has 4 atom stereocenters. The second-order valence-electron chi connectivity index (χ2n) is 15.1. The van der Waals surface area contributed by atoms with Gasteiger partial charge in [0.15, 0.2) is 0 Å². The SMILES string of the molecule is CCP(CC)[C]12[CH]3[CH]4[CH]5[C]1(P(CC)CC)[Ti]43521678[CH]2[CH]1[CH]6[CH]7[CH]28. The predicted molar refractivity (Wildman–Crippen MR) is 91.5 cm³/mol. The van der Waals surface area contributed by atoms with Gasteiger partial charge in [-0.05, 0) is 0 Å². The molecule has 0 radical (unpaired) electrons. The van der Waals surface area contributed by atoms with Crippen molar-refractivity contribution in [3.05, 3.63) is 0 Å². The van der Waals surface area contributed by atoms with Gasteiger partial charge in [0.05, 0.1) is 0 Å². The van der Waals surface area contributed by atoms with Gasteiger partial charge in [-0.3, -0.25) is 0 Å². The van der Waals surface area contributed by atoms with E-state index in [-0.39, 0.29) is 0 Å². The van der Waals surface area contributed by atoms with E-state index < -0.39 is 8.89 Å². The molecule has 10 fully saturated rings. The molecule has 0 aromatic rings. The van der Waals surface area contributed by atoms with Crippen molar-refractivity contribution in [3.63, 3.8) is 0 Å². The molecule has 3 heteroatoms. The van der Waals surface area contributed by atoms with Crippen molar-refractivity contribution < 1.29 is 8.89 Å². The number of fused-ring (bicyclic) bond motifs is 10. The summed E-state index contributed by atoms with van der Waals surface area (Å²) < 4.78 is 15.0. The van der Waals surface area contributed by atoms with Crippen LogP contribution in [0.15, 0.2) is 0 Å². The molecule has 10 aliphatic rings. The van der Waals surface area contributed by atoms with Crippen LogP contribution in [-0.2, 0) is 8.89 Å². The van der Waals surface area contributed by atoms with Gasteiger partial charge in [-0.15, -0.1) is 0 Å². The van der Waals surface area contributed by atoms with Gasteiger partial charge in [0.2, 0.25) is 0 Å². The van der Waals surface area contributed by atoms with Crippen LogP contribution in [0.1, 0.15) is 27.7 Å². The van der Waals surface area contributed by atoms with Crippen LogP contribution < -0.4 is 0 Å². The van der Waals surface area contributed by atoms with E-state index in [1.165, 1.54) is 6.92 Å².